The zero-order chi connectivity index (χ0) is 16.6. The molecule has 1 heterocycles. The van der Waals surface area contributed by atoms with E-state index in [-0.39, 0.29) is 16.9 Å². The quantitative estimate of drug-likeness (QED) is 0.868. The van der Waals surface area contributed by atoms with E-state index >= 15 is 0 Å². The summed E-state index contributed by atoms with van der Waals surface area (Å²) in [5, 5.41) is 3.17. The fraction of sp³-hybridized carbons (Fsp3) is 0.333. The van der Waals surface area contributed by atoms with Gasteiger partial charge in [0.1, 0.15) is 5.56 Å². The molecule has 0 aliphatic carbocycles. The molecule has 0 saturated heterocycles. The van der Waals surface area contributed by atoms with E-state index in [1.165, 1.54) is 4.68 Å². The van der Waals surface area contributed by atoms with Gasteiger partial charge < -0.3 is 0 Å². The van der Waals surface area contributed by atoms with E-state index < -0.39 is 10.8 Å². The number of nitrogens with zero attached hydrogens (tertiary/aromatic N) is 1. The number of hydrogen-bond donors (Lipinski definition) is 1. The SMILES string of the molecule is CCS(=O)c1c(Cl)ccc(C(=O)c2c(C)[nH]n(C)c2=O)c1C. The lowest BCUT2D eigenvalue weighted by molar-refractivity contribution is 0.103. The minimum atomic E-state index is -1.28. The zero-order valence-electron chi connectivity index (χ0n) is 12.8. The van der Waals surface area contributed by atoms with Crippen LogP contribution in [0.4, 0.5) is 0 Å². The highest BCUT2D eigenvalue weighted by Gasteiger charge is 2.23. The number of rotatable bonds is 4. The molecule has 0 radical (unpaired) electrons. The van der Waals surface area contributed by atoms with Crippen molar-refractivity contribution < 1.29 is 9.00 Å². The van der Waals surface area contributed by atoms with E-state index in [4.69, 9.17) is 11.6 Å². The minimum absolute atomic E-state index is 0.0983. The van der Waals surface area contributed by atoms with Gasteiger partial charge in [0.15, 0.2) is 0 Å². The van der Waals surface area contributed by atoms with Crippen LogP contribution in [0.25, 0.3) is 0 Å². The molecule has 118 valence electrons. The molecule has 1 N–H and O–H groups in total. The Bertz CT molecular complexity index is 836. The van der Waals surface area contributed by atoms with Crippen molar-refractivity contribution in [2.24, 2.45) is 7.05 Å². The summed E-state index contributed by atoms with van der Waals surface area (Å²) in [6.45, 7) is 5.16. The monoisotopic (exact) mass is 340 g/mol. The van der Waals surface area contributed by atoms with Crippen LogP contribution in [-0.4, -0.2) is 25.5 Å². The molecule has 5 nitrogen and oxygen atoms in total. The number of carbonyl (C=O) groups is 1. The first-order chi connectivity index (χ1) is 10.3. The van der Waals surface area contributed by atoms with Crippen molar-refractivity contribution in [2.45, 2.75) is 25.7 Å². The number of H-pyrrole nitrogens is 1. The zero-order valence-corrected chi connectivity index (χ0v) is 14.4. The molecular weight excluding hydrogens is 324 g/mol. The summed E-state index contributed by atoms with van der Waals surface area (Å²) < 4.78 is 13.4. The summed E-state index contributed by atoms with van der Waals surface area (Å²) in [4.78, 5) is 25.3. The molecule has 1 aromatic heterocycles. The number of carbonyl (C=O) groups excluding carboxylic acids is 1. The lowest BCUT2D eigenvalue weighted by Gasteiger charge is -2.11. The highest BCUT2D eigenvalue weighted by molar-refractivity contribution is 7.85. The van der Waals surface area contributed by atoms with Gasteiger partial charge in [0.25, 0.3) is 5.56 Å². The van der Waals surface area contributed by atoms with Gasteiger partial charge in [-0.1, -0.05) is 18.5 Å². The van der Waals surface area contributed by atoms with Crippen molar-refractivity contribution in [1.29, 1.82) is 0 Å². The number of aromatic amines is 1. The average Bonchev–Trinajstić information content (AvgIpc) is 2.71. The lowest BCUT2D eigenvalue weighted by atomic mass is 9.99. The van der Waals surface area contributed by atoms with E-state index in [0.29, 0.717) is 32.5 Å². The van der Waals surface area contributed by atoms with Gasteiger partial charge >= 0.3 is 0 Å². The number of benzene rings is 1. The second-order valence-corrected chi connectivity index (χ2v) is 7.07. The summed E-state index contributed by atoms with van der Waals surface area (Å²) >= 11 is 6.12. The largest absolute Gasteiger partial charge is 0.299 e. The summed E-state index contributed by atoms with van der Waals surface area (Å²) in [5.41, 5.74) is 1.13. The standard InChI is InChI=1S/C15H17ClN2O3S/c1-5-22(21)14-8(2)10(6-7-11(14)16)13(19)12-9(3)17-18(4)15(12)20/h6-7,17H,5H2,1-4H3. The van der Waals surface area contributed by atoms with E-state index in [1.54, 1.807) is 40.0 Å². The highest BCUT2D eigenvalue weighted by Crippen LogP contribution is 2.28. The number of aromatic nitrogens is 2. The van der Waals surface area contributed by atoms with Gasteiger partial charge in [-0.15, -0.1) is 0 Å². The summed E-state index contributed by atoms with van der Waals surface area (Å²) in [7, 11) is 0.276. The van der Waals surface area contributed by atoms with Gasteiger partial charge in [0.2, 0.25) is 5.78 Å². The number of aryl methyl sites for hydroxylation is 2. The number of ketones is 1. The molecule has 0 saturated carbocycles. The van der Waals surface area contributed by atoms with Gasteiger partial charge in [-0.05, 0) is 31.5 Å². The maximum Gasteiger partial charge on any atom is 0.277 e. The molecule has 2 aromatic rings. The predicted octanol–water partition coefficient (Wildman–Crippen LogP) is 2.34. The molecular formula is C15H17ClN2O3S. The molecule has 7 heteroatoms. The van der Waals surface area contributed by atoms with Crippen molar-refractivity contribution >= 4 is 28.2 Å². The van der Waals surface area contributed by atoms with Crippen LogP contribution in [0.3, 0.4) is 0 Å². The molecule has 1 aromatic carbocycles. The first-order valence-electron chi connectivity index (χ1n) is 6.77. The second-order valence-electron chi connectivity index (χ2n) is 4.99. The Kier molecular flexibility index (Phi) is 4.72. The van der Waals surface area contributed by atoms with Crippen LogP contribution in [0, 0.1) is 13.8 Å². The van der Waals surface area contributed by atoms with E-state index in [2.05, 4.69) is 5.10 Å². The molecule has 0 aliphatic rings. The second kappa shape index (κ2) is 6.22. The highest BCUT2D eigenvalue weighted by atomic mass is 35.5. The van der Waals surface area contributed by atoms with Gasteiger partial charge in [-0.2, -0.15) is 0 Å². The van der Waals surface area contributed by atoms with Crippen molar-refractivity contribution in [3.63, 3.8) is 0 Å². The van der Waals surface area contributed by atoms with Crippen LogP contribution >= 0.6 is 11.6 Å². The van der Waals surface area contributed by atoms with Crippen LogP contribution in [0.5, 0.6) is 0 Å². The summed E-state index contributed by atoms with van der Waals surface area (Å²) in [6.07, 6.45) is 0. The topological polar surface area (TPSA) is 71.9 Å². The molecule has 0 bridgehead atoms. The van der Waals surface area contributed by atoms with Crippen molar-refractivity contribution in [2.75, 3.05) is 5.75 Å². The Labute approximate surface area is 135 Å². The summed E-state index contributed by atoms with van der Waals surface area (Å²) in [6, 6.07) is 3.12. The summed E-state index contributed by atoms with van der Waals surface area (Å²) in [5.74, 6) is 0.0197. The van der Waals surface area contributed by atoms with Gasteiger partial charge in [0, 0.05) is 24.1 Å². The molecule has 1 atom stereocenters. The van der Waals surface area contributed by atoms with Crippen LogP contribution in [0.2, 0.25) is 5.02 Å². The average molecular weight is 341 g/mol. The Morgan fingerprint density at radius 2 is 2.00 bits per heavy atom. The van der Waals surface area contributed by atoms with Crippen molar-refractivity contribution in [3.8, 4) is 0 Å². The predicted molar refractivity (Wildman–Crippen MR) is 87.3 cm³/mol. The smallest absolute Gasteiger partial charge is 0.277 e. The lowest BCUT2D eigenvalue weighted by Crippen LogP contribution is -2.20. The number of hydrogen-bond acceptors (Lipinski definition) is 3. The van der Waals surface area contributed by atoms with Crippen molar-refractivity contribution in [1.82, 2.24) is 9.78 Å². The minimum Gasteiger partial charge on any atom is -0.299 e. The van der Waals surface area contributed by atoms with Crippen LogP contribution in [0.1, 0.15) is 34.1 Å². The molecule has 0 amide bonds. The Morgan fingerprint density at radius 3 is 2.50 bits per heavy atom. The van der Waals surface area contributed by atoms with Gasteiger partial charge in [-0.3, -0.25) is 23.6 Å². The third kappa shape index (κ3) is 2.68. The molecule has 2 rings (SSSR count). The molecule has 0 spiro atoms. The Balaban J connectivity index is 2.66. The number of halogens is 1. The molecule has 0 aliphatic heterocycles. The van der Waals surface area contributed by atoms with E-state index in [1.807, 2.05) is 0 Å². The van der Waals surface area contributed by atoms with E-state index in [9.17, 15) is 13.8 Å². The van der Waals surface area contributed by atoms with Gasteiger partial charge in [0.05, 0.1) is 20.7 Å². The maximum atomic E-state index is 12.7. The first kappa shape index (κ1) is 16.7. The molecule has 0 fully saturated rings. The normalized spacial score (nSPS) is 12.4. The van der Waals surface area contributed by atoms with Gasteiger partial charge in [-0.25, -0.2) is 0 Å². The molecule has 1 unspecified atom stereocenters. The number of nitrogens with one attached hydrogen (secondary N) is 1. The van der Waals surface area contributed by atoms with Crippen molar-refractivity contribution in [3.05, 3.63) is 49.9 Å². The fourth-order valence-corrected chi connectivity index (χ4v) is 3.91. The third-order valence-corrected chi connectivity index (χ3v) is 5.48. The molecule has 22 heavy (non-hydrogen) atoms. The van der Waals surface area contributed by atoms with Crippen LogP contribution in [-0.2, 0) is 17.8 Å². The van der Waals surface area contributed by atoms with Crippen LogP contribution < -0.4 is 5.56 Å². The van der Waals surface area contributed by atoms with Crippen LogP contribution in [0.15, 0.2) is 21.8 Å². The Morgan fingerprint density at radius 1 is 1.36 bits per heavy atom. The maximum absolute atomic E-state index is 12.7. The third-order valence-electron chi connectivity index (χ3n) is 3.55. The van der Waals surface area contributed by atoms with E-state index in [0.717, 1.165) is 0 Å². The Hall–Kier alpha value is -1.66. The first-order valence-corrected chi connectivity index (χ1v) is 8.47. The fourth-order valence-electron chi connectivity index (χ4n) is 2.42.